The van der Waals surface area contributed by atoms with E-state index in [1.807, 2.05) is 0 Å². The molecule has 0 spiro atoms. The molecule has 0 aliphatic rings. The van der Waals surface area contributed by atoms with Gasteiger partial charge in [-0.15, -0.1) is 0 Å². The molecule has 0 aromatic heterocycles. The molecule has 1 rings (SSSR count). The molecule has 0 radical (unpaired) electrons. The summed E-state index contributed by atoms with van der Waals surface area (Å²) in [6.45, 7) is -3.23. The van der Waals surface area contributed by atoms with Crippen LogP contribution in [-0.2, 0) is 0 Å². The lowest BCUT2D eigenvalue weighted by Crippen LogP contribution is -2.10. The van der Waals surface area contributed by atoms with Gasteiger partial charge in [-0.2, -0.15) is 8.78 Å². The quantitative estimate of drug-likeness (QED) is 0.808. The molecule has 0 atom stereocenters. The topological polar surface area (TPSA) is 63.6 Å². The highest BCUT2D eigenvalue weighted by Gasteiger charge is 2.21. The number of rotatable bonds is 4. The fourth-order valence-corrected chi connectivity index (χ4v) is 1.11. The molecule has 1 aromatic rings. The Kier molecular flexibility index (Phi) is 3.49. The van der Waals surface area contributed by atoms with E-state index >= 15 is 0 Å². The summed E-state index contributed by atoms with van der Waals surface area (Å²) in [6.07, 6.45) is -0.0513. The number of benzene rings is 1. The van der Waals surface area contributed by atoms with E-state index in [0.29, 0.717) is 6.07 Å². The zero-order chi connectivity index (χ0) is 12.3. The summed E-state index contributed by atoms with van der Waals surface area (Å²) in [5.41, 5.74) is -1.75. The first-order valence-corrected chi connectivity index (χ1v) is 3.93. The van der Waals surface area contributed by atoms with Crippen molar-refractivity contribution in [3.05, 3.63) is 29.1 Å². The Morgan fingerprint density at radius 3 is 2.50 bits per heavy atom. The molecule has 0 saturated heterocycles. The molecule has 0 bridgehead atoms. The highest BCUT2D eigenvalue weighted by molar-refractivity contribution is 5.99. The summed E-state index contributed by atoms with van der Waals surface area (Å²) < 4.78 is 40.7. The minimum absolute atomic E-state index is 0.0513. The predicted molar refractivity (Wildman–Crippen MR) is 45.4 cm³/mol. The zero-order valence-electron chi connectivity index (χ0n) is 7.62. The predicted octanol–water partition coefficient (Wildman–Crippen LogP) is 1.94. The maximum Gasteiger partial charge on any atom is 0.387 e. The van der Waals surface area contributed by atoms with E-state index in [1.54, 1.807) is 0 Å². The number of hydrogen-bond acceptors (Lipinski definition) is 3. The first-order chi connectivity index (χ1) is 7.47. The monoisotopic (exact) mass is 234 g/mol. The molecule has 7 heteroatoms. The Labute approximate surface area is 87.3 Å². The van der Waals surface area contributed by atoms with Crippen molar-refractivity contribution >= 4 is 12.3 Å². The normalized spacial score (nSPS) is 10.2. The molecule has 1 aromatic carbocycles. The van der Waals surface area contributed by atoms with E-state index < -0.39 is 35.3 Å². The Morgan fingerprint density at radius 1 is 1.44 bits per heavy atom. The molecule has 86 valence electrons. The van der Waals surface area contributed by atoms with Gasteiger partial charge in [0.15, 0.2) is 6.29 Å². The number of carboxylic acids is 1. The highest BCUT2D eigenvalue weighted by atomic mass is 19.3. The van der Waals surface area contributed by atoms with Crippen molar-refractivity contribution in [3.8, 4) is 5.75 Å². The van der Waals surface area contributed by atoms with Crippen LogP contribution in [0, 0.1) is 5.82 Å². The van der Waals surface area contributed by atoms with E-state index in [1.165, 1.54) is 0 Å². The molecule has 0 saturated carbocycles. The van der Waals surface area contributed by atoms with Crippen LogP contribution in [0.15, 0.2) is 12.1 Å². The van der Waals surface area contributed by atoms with Crippen molar-refractivity contribution in [1.82, 2.24) is 0 Å². The molecule has 0 fully saturated rings. The van der Waals surface area contributed by atoms with Gasteiger partial charge in [0.2, 0.25) is 0 Å². The molecule has 4 nitrogen and oxygen atoms in total. The van der Waals surface area contributed by atoms with Crippen LogP contribution in [0.25, 0.3) is 0 Å². The van der Waals surface area contributed by atoms with Crippen LogP contribution in [0.3, 0.4) is 0 Å². The number of aldehydes is 1. The second kappa shape index (κ2) is 4.65. The molecule has 0 heterocycles. The van der Waals surface area contributed by atoms with Crippen LogP contribution < -0.4 is 4.74 Å². The summed E-state index contributed by atoms with van der Waals surface area (Å²) in [4.78, 5) is 21.1. The summed E-state index contributed by atoms with van der Waals surface area (Å²) in [6, 6.07) is 1.39. The van der Waals surface area contributed by atoms with Gasteiger partial charge in [-0.25, -0.2) is 9.18 Å². The average Bonchev–Trinajstić information content (AvgIpc) is 2.18. The maximum absolute atomic E-state index is 13.0. The Bertz CT molecular complexity index is 431. The van der Waals surface area contributed by atoms with E-state index in [0.717, 1.165) is 6.07 Å². The number of carbonyl (C=O) groups excluding carboxylic acids is 1. The first-order valence-electron chi connectivity index (χ1n) is 3.93. The summed E-state index contributed by atoms with van der Waals surface area (Å²) in [7, 11) is 0. The minimum Gasteiger partial charge on any atom is -0.478 e. The second-order valence-corrected chi connectivity index (χ2v) is 2.64. The molecule has 0 amide bonds. The van der Waals surface area contributed by atoms with Gasteiger partial charge in [0.25, 0.3) is 0 Å². The minimum atomic E-state index is -3.23. The maximum atomic E-state index is 13.0. The van der Waals surface area contributed by atoms with Crippen molar-refractivity contribution in [2.45, 2.75) is 6.61 Å². The van der Waals surface area contributed by atoms with Crippen molar-refractivity contribution < 1.29 is 32.6 Å². The lowest BCUT2D eigenvalue weighted by Gasteiger charge is -2.09. The third-order valence-corrected chi connectivity index (χ3v) is 1.70. The van der Waals surface area contributed by atoms with Crippen molar-refractivity contribution in [2.24, 2.45) is 0 Å². The largest absolute Gasteiger partial charge is 0.478 e. The molecular formula is C9H5F3O4. The van der Waals surface area contributed by atoms with E-state index in [-0.39, 0.29) is 6.29 Å². The van der Waals surface area contributed by atoms with E-state index in [4.69, 9.17) is 5.11 Å². The highest BCUT2D eigenvalue weighted by Crippen LogP contribution is 2.25. The van der Waals surface area contributed by atoms with Crippen molar-refractivity contribution in [3.63, 3.8) is 0 Å². The number of carboxylic acid groups (broad SMARTS) is 1. The Hall–Kier alpha value is -2.05. The van der Waals surface area contributed by atoms with Crippen LogP contribution in [0.1, 0.15) is 20.7 Å². The molecule has 0 aliphatic carbocycles. The van der Waals surface area contributed by atoms with Gasteiger partial charge in [0, 0.05) is 0 Å². The van der Waals surface area contributed by atoms with E-state index in [9.17, 15) is 22.8 Å². The molecule has 0 unspecified atom stereocenters. The van der Waals surface area contributed by atoms with Crippen LogP contribution in [-0.4, -0.2) is 24.0 Å². The number of hydrogen-bond donors (Lipinski definition) is 1. The van der Waals surface area contributed by atoms with Crippen molar-refractivity contribution in [1.29, 1.82) is 0 Å². The van der Waals surface area contributed by atoms with Crippen LogP contribution >= 0.6 is 0 Å². The van der Waals surface area contributed by atoms with Crippen molar-refractivity contribution in [2.75, 3.05) is 0 Å². The molecule has 0 aliphatic heterocycles. The second-order valence-electron chi connectivity index (χ2n) is 2.64. The number of halogens is 3. The van der Waals surface area contributed by atoms with Gasteiger partial charge in [-0.05, 0) is 12.1 Å². The molecular weight excluding hydrogens is 229 g/mol. The zero-order valence-corrected chi connectivity index (χ0v) is 7.62. The molecule has 1 N–H and O–H groups in total. The van der Waals surface area contributed by atoms with Crippen LogP contribution in [0.2, 0.25) is 0 Å². The van der Waals surface area contributed by atoms with Crippen LogP contribution in [0.5, 0.6) is 5.75 Å². The van der Waals surface area contributed by atoms with Gasteiger partial charge < -0.3 is 9.84 Å². The third kappa shape index (κ3) is 2.30. The lowest BCUT2D eigenvalue weighted by molar-refractivity contribution is -0.0502. The van der Waals surface area contributed by atoms with Crippen LogP contribution in [0.4, 0.5) is 13.2 Å². The number of aromatic carboxylic acids is 1. The fraction of sp³-hybridized carbons (Fsp3) is 0.111. The third-order valence-electron chi connectivity index (χ3n) is 1.70. The average molecular weight is 234 g/mol. The first kappa shape index (κ1) is 12.0. The van der Waals surface area contributed by atoms with Gasteiger partial charge in [-0.3, -0.25) is 4.79 Å². The van der Waals surface area contributed by atoms with Gasteiger partial charge in [0.1, 0.15) is 17.1 Å². The SMILES string of the molecule is O=Cc1c(OC(F)F)ccc(F)c1C(=O)O. The van der Waals surface area contributed by atoms with Gasteiger partial charge in [0.05, 0.1) is 5.56 Å². The number of carbonyl (C=O) groups is 2. The van der Waals surface area contributed by atoms with E-state index in [2.05, 4.69) is 4.74 Å². The summed E-state index contributed by atoms with van der Waals surface area (Å²) in [5, 5.41) is 8.59. The fourth-order valence-electron chi connectivity index (χ4n) is 1.11. The summed E-state index contributed by atoms with van der Waals surface area (Å²) >= 11 is 0. The van der Waals surface area contributed by atoms with Gasteiger partial charge >= 0.3 is 12.6 Å². The number of alkyl halides is 2. The lowest BCUT2D eigenvalue weighted by atomic mass is 10.1. The Morgan fingerprint density at radius 2 is 2.06 bits per heavy atom. The molecule has 16 heavy (non-hydrogen) atoms. The number of ether oxygens (including phenoxy) is 1. The standard InChI is InChI=1S/C9H5F3O4/c10-5-1-2-6(16-9(11)12)4(3-13)7(5)8(14)15/h1-3,9H,(H,14,15). The smallest absolute Gasteiger partial charge is 0.387 e. The van der Waals surface area contributed by atoms with Gasteiger partial charge in [-0.1, -0.05) is 0 Å². The summed E-state index contributed by atoms with van der Waals surface area (Å²) in [5.74, 6) is -3.61. The Balaban J connectivity index is 3.36.